The van der Waals surface area contributed by atoms with E-state index in [0.29, 0.717) is 0 Å². The highest BCUT2D eigenvalue weighted by molar-refractivity contribution is 5.73. The summed E-state index contributed by atoms with van der Waals surface area (Å²) in [6.45, 7) is 1.66. The normalized spacial score (nSPS) is 40.0. The zero-order chi connectivity index (χ0) is 7.72. The molecule has 0 radical (unpaired) electrons. The second-order valence-corrected chi connectivity index (χ2v) is 2.46. The summed E-state index contributed by atoms with van der Waals surface area (Å²) >= 11 is 0. The standard InChI is InChI=1S/C6H9FO3/c1-3-2-4(7)5(10-3)6(8)9/h3-5H,2H2,1H3,(H,8,9)/t3-,4-,5-/m0/s1. The molecule has 1 fully saturated rings. The minimum Gasteiger partial charge on any atom is -0.479 e. The van der Waals surface area contributed by atoms with Crippen molar-refractivity contribution in [3.05, 3.63) is 0 Å². The number of rotatable bonds is 1. The fourth-order valence-electron chi connectivity index (χ4n) is 1.04. The Labute approximate surface area is 57.8 Å². The first kappa shape index (κ1) is 7.47. The third kappa shape index (κ3) is 1.26. The van der Waals surface area contributed by atoms with E-state index in [-0.39, 0.29) is 12.5 Å². The van der Waals surface area contributed by atoms with E-state index in [2.05, 4.69) is 0 Å². The lowest BCUT2D eigenvalue weighted by Crippen LogP contribution is -2.27. The molecule has 0 aromatic rings. The maximum absolute atomic E-state index is 12.6. The Hall–Kier alpha value is -0.640. The lowest BCUT2D eigenvalue weighted by molar-refractivity contribution is -0.151. The monoisotopic (exact) mass is 148 g/mol. The number of carboxylic acid groups (broad SMARTS) is 1. The van der Waals surface area contributed by atoms with Gasteiger partial charge in [-0.3, -0.25) is 0 Å². The number of alkyl halides is 1. The third-order valence-electron chi connectivity index (χ3n) is 1.51. The van der Waals surface area contributed by atoms with Crippen LogP contribution in [0.25, 0.3) is 0 Å². The lowest BCUT2D eigenvalue weighted by Gasteiger charge is -2.05. The van der Waals surface area contributed by atoms with E-state index in [0.717, 1.165) is 0 Å². The molecule has 1 aliphatic rings. The van der Waals surface area contributed by atoms with Crippen LogP contribution >= 0.6 is 0 Å². The molecule has 4 heteroatoms. The number of hydrogen-bond donors (Lipinski definition) is 1. The van der Waals surface area contributed by atoms with Gasteiger partial charge in [0, 0.05) is 6.42 Å². The second kappa shape index (κ2) is 2.54. The van der Waals surface area contributed by atoms with Gasteiger partial charge in [-0.1, -0.05) is 0 Å². The summed E-state index contributed by atoms with van der Waals surface area (Å²) in [5.41, 5.74) is 0. The molecule has 1 heterocycles. The molecule has 0 unspecified atom stereocenters. The van der Waals surface area contributed by atoms with Gasteiger partial charge < -0.3 is 9.84 Å². The lowest BCUT2D eigenvalue weighted by atomic mass is 10.2. The molecule has 0 aromatic heterocycles. The zero-order valence-corrected chi connectivity index (χ0v) is 5.58. The van der Waals surface area contributed by atoms with Crippen LogP contribution in [0.5, 0.6) is 0 Å². The fourth-order valence-corrected chi connectivity index (χ4v) is 1.04. The minimum atomic E-state index is -1.34. The van der Waals surface area contributed by atoms with Crippen LogP contribution in [0.1, 0.15) is 13.3 Å². The van der Waals surface area contributed by atoms with Crippen molar-refractivity contribution in [2.45, 2.75) is 31.7 Å². The first-order valence-electron chi connectivity index (χ1n) is 3.13. The Kier molecular flexibility index (Phi) is 1.89. The van der Waals surface area contributed by atoms with Crippen LogP contribution in [0.15, 0.2) is 0 Å². The van der Waals surface area contributed by atoms with E-state index < -0.39 is 18.2 Å². The molecular weight excluding hydrogens is 139 g/mol. The number of halogens is 1. The molecule has 58 valence electrons. The Balaban J connectivity index is 2.54. The van der Waals surface area contributed by atoms with Gasteiger partial charge in [-0.25, -0.2) is 9.18 Å². The summed E-state index contributed by atoms with van der Waals surface area (Å²) in [7, 11) is 0. The predicted octanol–water partition coefficient (Wildman–Crippen LogP) is 0.587. The molecular formula is C6H9FO3. The predicted molar refractivity (Wildman–Crippen MR) is 31.5 cm³/mol. The van der Waals surface area contributed by atoms with Crippen molar-refractivity contribution in [1.82, 2.24) is 0 Å². The Bertz CT molecular complexity index is 148. The minimum absolute atomic E-state index is 0.191. The maximum Gasteiger partial charge on any atom is 0.335 e. The van der Waals surface area contributed by atoms with E-state index in [1.165, 1.54) is 0 Å². The van der Waals surface area contributed by atoms with Crippen molar-refractivity contribution in [1.29, 1.82) is 0 Å². The molecule has 1 saturated heterocycles. The van der Waals surface area contributed by atoms with Gasteiger partial charge in [0.2, 0.25) is 0 Å². The molecule has 3 atom stereocenters. The van der Waals surface area contributed by atoms with Crippen molar-refractivity contribution in [3.63, 3.8) is 0 Å². The zero-order valence-electron chi connectivity index (χ0n) is 5.58. The molecule has 0 amide bonds. The van der Waals surface area contributed by atoms with Crippen molar-refractivity contribution in [2.75, 3.05) is 0 Å². The fraction of sp³-hybridized carbons (Fsp3) is 0.833. The quantitative estimate of drug-likeness (QED) is 0.591. The van der Waals surface area contributed by atoms with Gasteiger partial charge in [-0.05, 0) is 6.92 Å². The molecule has 1 rings (SSSR count). The summed E-state index contributed by atoms with van der Waals surface area (Å²) < 4.78 is 17.3. The third-order valence-corrected chi connectivity index (χ3v) is 1.51. The van der Waals surface area contributed by atoms with Crippen LogP contribution in [0.2, 0.25) is 0 Å². The number of carbonyl (C=O) groups is 1. The number of carboxylic acids is 1. The van der Waals surface area contributed by atoms with Crippen molar-refractivity contribution < 1.29 is 19.0 Å². The highest BCUT2D eigenvalue weighted by Crippen LogP contribution is 2.22. The molecule has 1 N–H and O–H groups in total. The molecule has 10 heavy (non-hydrogen) atoms. The summed E-state index contributed by atoms with van der Waals surface area (Å²) in [4.78, 5) is 10.2. The molecule has 0 aliphatic carbocycles. The molecule has 0 spiro atoms. The average Bonchev–Trinajstić information content (AvgIpc) is 2.10. The smallest absolute Gasteiger partial charge is 0.335 e. The van der Waals surface area contributed by atoms with Crippen molar-refractivity contribution in [3.8, 4) is 0 Å². The van der Waals surface area contributed by atoms with Gasteiger partial charge in [-0.2, -0.15) is 0 Å². The summed E-state index contributed by atoms with van der Waals surface area (Å²) in [5, 5.41) is 8.34. The van der Waals surface area contributed by atoms with Crippen LogP contribution in [0, 0.1) is 0 Å². The van der Waals surface area contributed by atoms with Crippen LogP contribution in [-0.4, -0.2) is 29.5 Å². The van der Waals surface area contributed by atoms with Crippen molar-refractivity contribution in [2.24, 2.45) is 0 Å². The Morgan fingerprint density at radius 3 is 2.60 bits per heavy atom. The van der Waals surface area contributed by atoms with E-state index in [1.54, 1.807) is 6.92 Å². The average molecular weight is 148 g/mol. The Morgan fingerprint density at radius 2 is 2.40 bits per heavy atom. The van der Waals surface area contributed by atoms with E-state index in [9.17, 15) is 9.18 Å². The number of ether oxygens (including phenoxy) is 1. The first-order valence-corrected chi connectivity index (χ1v) is 3.13. The molecule has 3 nitrogen and oxygen atoms in total. The van der Waals surface area contributed by atoms with Crippen LogP contribution in [-0.2, 0) is 9.53 Å². The van der Waals surface area contributed by atoms with E-state index >= 15 is 0 Å². The van der Waals surface area contributed by atoms with Crippen molar-refractivity contribution >= 4 is 5.97 Å². The molecule has 0 saturated carbocycles. The highest BCUT2D eigenvalue weighted by atomic mass is 19.1. The van der Waals surface area contributed by atoms with Gasteiger partial charge in [0.25, 0.3) is 0 Å². The first-order chi connectivity index (χ1) is 4.61. The number of aliphatic carboxylic acids is 1. The maximum atomic E-state index is 12.6. The van der Waals surface area contributed by atoms with Gasteiger partial charge in [0.1, 0.15) is 6.17 Å². The molecule has 0 aromatic carbocycles. The summed E-state index contributed by atoms with van der Waals surface area (Å²) in [6, 6.07) is 0. The van der Waals surface area contributed by atoms with Crippen LogP contribution < -0.4 is 0 Å². The van der Waals surface area contributed by atoms with E-state index in [1.807, 2.05) is 0 Å². The summed E-state index contributed by atoms with van der Waals surface area (Å²) in [5.74, 6) is -1.21. The Morgan fingerprint density at radius 1 is 1.80 bits per heavy atom. The SMILES string of the molecule is C[C@H]1C[C@H](F)[C@@H](C(=O)O)O1. The van der Waals surface area contributed by atoms with Gasteiger partial charge in [0.15, 0.2) is 6.10 Å². The van der Waals surface area contributed by atoms with E-state index in [4.69, 9.17) is 9.84 Å². The van der Waals surface area contributed by atoms with Crippen LogP contribution in [0.3, 0.4) is 0 Å². The molecule has 1 aliphatic heterocycles. The highest BCUT2D eigenvalue weighted by Gasteiger charge is 2.38. The van der Waals surface area contributed by atoms with Gasteiger partial charge >= 0.3 is 5.97 Å². The van der Waals surface area contributed by atoms with Gasteiger partial charge in [0.05, 0.1) is 6.10 Å². The summed E-state index contributed by atoms with van der Waals surface area (Å²) in [6.07, 6.45) is -2.66. The van der Waals surface area contributed by atoms with Gasteiger partial charge in [-0.15, -0.1) is 0 Å². The largest absolute Gasteiger partial charge is 0.479 e. The molecule has 0 bridgehead atoms. The second-order valence-electron chi connectivity index (χ2n) is 2.46. The number of hydrogen-bond acceptors (Lipinski definition) is 2. The van der Waals surface area contributed by atoms with Crippen LogP contribution in [0.4, 0.5) is 4.39 Å². The topological polar surface area (TPSA) is 46.5 Å².